The Kier molecular flexibility index (Phi) is 4.84. The van der Waals surface area contributed by atoms with Gasteiger partial charge in [0, 0.05) is 12.7 Å². The molecule has 6 nitrogen and oxygen atoms in total. The smallest absolute Gasteiger partial charge is 0.251 e. The van der Waals surface area contributed by atoms with Crippen LogP contribution < -0.4 is 5.32 Å². The number of ether oxygens (including phenoxy) is 1. The number of benzene rings is 2. The second-order valence-electron chi connectivity index (χ2n) is 5.48. The Balaban J connectivity index is 1.75. The Labute approximate surface area is 143 Å². The van der Waals surface area contributed by atoms with Crippen molar-refractivity contribution < 1.29 is 14.6 Å². The third-order valence-electron chi connectivity index (χ3n) is 3.75. The van der Waals surface area contributed by atoms with Gasteiger partial charge >= 0.3 is 0 Å². The van der Waals surface area contributed by atoms with E-state index in [4.69, 9.17) is 4.74 Å². The highest BCUT2D eigenvalue weighted by Gasteiger charge is 2.30. The molecule has 0 radical (unpaired) electrons. The highest BCUT2D eigenvalue weighted by molar-refractivity contribution is 7.00. The maximum absolute atomic E-state index is 12.4. The molecule has 0 saturated heterocycles. The highest BCUT2D eigenvalue weighted by Crippen LogP contribution is 2.21. The number of nitrogens with one attached hydrogen (secondary N) is 1. The van der Waals surface area contributed by atoms with Crippen molar-refractivity contribution in [1.29, 1.82) is 0 Å². The standard InChI is InChI=1S/C17H17N3O3S/c1-23-11-17(22,13-5-3-2-4-6-13)10-18-16(21)12-7-8-14-15(9-12)20-24-19-14/h2-9,22H,10-11H2,1H3,(H,18,21)/t17-/m0/s1. The first-order valence-electron chi connectivity index (χ1n) is 7.40. The normalized spacial score (nSPS) is 13.6. The van der Waals surface area contributed by atoms with Crippen molar-refractivity contribution in [2.24, 2.45) is 0 Å². The van der Waals surface area contributed by atoms with E-state index in [-0.39, 0.29) is 19.1 Å². The summed E-state index contributed by atoms with van der Waals surface area (Å²) in [6, 6.07) is 14.3. The predicted octanol–water partition coefficient (Wildman–Crippen LogP) is 1.96. The number of rotatable bonds is 6. The van der Waals surface area contributed by atoms with E-state index < -0.39 is 5.60 Å². The summed E-state index contributed by atoms with van der Waals surface area (Å²) in [6.07, 6.45) is 0. The second kappa shape index (κ2) is 7.04. The minimum absolute atomic E-state index is 0.0387. The van der Waals surface area contributed by atoms with Crippen LogP contribution >= 0.6 is 11.7 Å². The van der Waals surface area contributed by atoms with Gasteiger partial charge in [-0.1, -0.05) is 30.3 Å². The monoisotopic (exact) mass is 343 g/mol. The van der Waals surface area contributed by atoms with Crippen molar-refractivity contribution in [3.63, 3.8) is 0 Å². The molecule has 0 fully saturated rings. The zero-order chi connectivity index (χ0) is 17.0. The minimum Gasteiger partial charge on any atom is -0.381 e. The van der Waals surface area contributed by atoms with E-state index in [2.05, 4.69) is 14.1 Å². The molecule has 0 spiro atoms. The molecule has 24 heavy (non-hydrogen) atoms. The number of hydrogen-bond donors (Lipinski definition) is 2. The number of fused-ring (bicyclic) bond motifs is 1. The fourth-order valence-electron chi connectivity index (χ4n) is 2.48. The number of hydrogen-bond acceptors (Lipinski definition) is 6. The van der Waals surface area contributed by atoms with Gasteiger partial charge in [0.25, 0.3) is 5.91 Å². The molecule has 3 rings (SSSR count). The molecule has 1 heterocycles. The van der Waals surface area contributed by atoms with Crippen molar-refractivity contribution in [1.82, 2.24) is 14.1 Å². The summed E-state index contributed by atoms with van der Waals surface area (Å²) in [5.74, 6) is -0.282. The molecule has 0 aliphatic rings. The van der Waals surface area contributed by atoms with Gasteiger partial charge in [0.05, 0.1) is 24.9 Å². The first kappa shape index (κ1) is 16.5. The summed E-state index contributed by atoms with van der Waals surface area (Å²) in [7, 11) is 1.51. The molecule has 7 heteroatoms. The first-order valence-corrected chi connectivity index (χ1v) is 8.13. The summed E-state index contributed by atoms with van der Waals surface area (Å²) in [5, 5.41) is 13.6. The summed E-state index contributed by atoms with van der Waals surface area (Å²) in [4.78, 5) is 12.4. The van der Waals surface area contributed by atoms with Gasteiger partial charge in [-0.15, -0.1) is 0 Å². The first-order chi connectivity index (χ1) is 11.6. The van der Waals surface area contributed by atoms with E-state index in [1.54, 1.807) is 30.3 Å². The Bertz CT molecular complexity index is 837. The maximum Gasteiger partial charge on any atom is 0.251 e. The highest BCUT2D eigenvalue weighted by atomic mass is 32.1. The molecule has 0 unspecified atom stereocenters. The molecule has 3 aromatic rings. The largest absolute Gasteiger partial charge is 0.381 e. The molecule has 1 atom stereocenters. The molecular weight excluding hydrogens is 326 g/mol. The van der Waals surface area contributed by atoms with Crippen molar-refractivity contribution >= 4 is 28.7 Å². The fourth-order valence-corrected chi connectivity index (χ4v) is 2.99. The van der Waals surface area contributed by atoms with Crippen LogP contribution in [0.1, 0.15) is 15.9 Å². The molecule has 1 aromatic heterocycles. The lowest BCUT2D eigenvalue weighted by molar-refractivity contribution is -0.0334. The average Bonchev–Trinajstić information content (AvgIpc) is 3.08. The fraction of sp³-hybridized carbons (Fsp3) is 0.235. The molecular formula is C17H17N3O3S. The van der Waals surface area contributed by atoms with Crippen LogP contribution in [-0.4, -0.2) is 40.0 Å². The zero-order valence-electron chi connectivity index (χ0n) is 13.1. The SMILES string of the molecule is COC[C@@](O)(CNC(=O)c1ccc2nsnc2c1)c1ccccc1. The average molecular weight is 343 g/mol. The Morgan fingerprint density at radius 1 is 1.21 bits per heavy atom. The van der Waals surface area contributed by atoms with E-state index in [9.17, 15) is 9.90 Å². The van der Waals surface area contributed by atoms with E-state index >= 15 is 0 Å². The van der Waals surface area contributed by atoms with Gasteiger partial charge in [-0.2, -0.15) is 8.75 Å². The molecule has 0 bridgehead atoms. The minimum atomic E-state index is -1.29. The van der Waals surface area contributed by atoms with Crippen LogP contribution in [0.3, 0.4) is 0 Å². The van der Waals surface area contributed by atoms with Gasteiger partial charge in [0.15, 0.2) is 0 Å². The summed E-state index contributed by atoms with van der Waals surface area (Å²) in [5.41, 5.74) is 1.31. The predicted molar refractivity (Wildman–Crippen MR) is 92.0 cm³/mol. The van der Waals surface area contributed by atoms with Crippen LogP contribution in [0, 0.1) is 0 Å². The number of methoxy groups -OCH3 is 1. The lowest BCUT2D eigenvalue weighted by Gasteiger charge is -2.28. The zero-order valence-corrected chi connectivity index (χ0v) is 13.9. The molecule has 2 aromatic carbocycles. The molecule has 0 aliphatic carbocycles. The van der Waals surface area contributed by atoms with Crippen molar-refractivity contribution in [2.75, 3.05) is 20.3 Å². The number of nitrogens with zero attached hydrogens (tertiary/aromatic N) is 2. The van der Waals surface area contributed by atoms with Crippen LogP contribution in [-0.2, 0) is 10.3 Å². The lowest BCUT2D eigenvalue weighted by Crippen LogP contribution is -2.44. The van der Waals surface area contributed by atoms with Crippen LogP contribution in [0.15, 0.2) is 48.5 Å². The number of amides is 1. The van der Waals surface area contributed by atoms with Gasteiger partial charge < -0.3 is 15.2 Å². The summed E-state index contributed by atoms with van der Waals surface area (Å²) < 4.78 is 13.4. The van der Waals surface area contributed by atoms with E-state index in [1.807, 2.05) is 18.2 Å². The number of aliphatic hydroxyl groups is 1. The second-order valence-corrected chi connectivity index (χ2v) is 6.01. The maximum atomic E-state index is 12.4. The summed E-state index contributed by atoms with van der Waals surface area (Å²) in [6.45, 7) is 0.114. The van der Waals surface area contributed by atoms with E-state index in [0.29, 0.717) is 16.6 Å². The van der Waals surface area contributed by atoms with Gasteiger partial charge in [-0.25, -0.2) is 0 Å². The van der Waals surface area contributed by atoms with Crippen LogP contribution in [0.25, 0.3) is 11.0 Å². The number of carbonyl (C=O) groups is 1. The summed E-state index contributed by atoms with van der Waals surface area (Å²) >= 11 is 1.11. The molecule has 2 N–H and O–H groups in total. The van der Waals surface area contributed by atoms with Gasteiger partial charge in [0.2, 0.25) is 0 Å². The Morgan fingerprint density at radius 2 is 1.96 bits per heavy atom. The van der Waals surface area contributed by atoms with E-state index in [0.717, 1.165) is 17.2 Å². The van der Waals surface area contributed by atoms with Crippen LogP contribution in [0.2, 0.25) is 0 Å². The molecule has 0 aliphatic heterocycles. The Morgan fingerprint density at radius 3 is 2.71 bits per heavy atom. The molecule has 124 valence electrons. The number of carbonyl (C=O) groups excluding carboxylic acids is 1. The van der Waals surface area contributed by atoms with Gasteiger partial charge in [-0.05, 0) is 23.8 Å². The van der Waals surface area contributed by atoms with Gasteiger partial charge in [-0.3, -0.25) is 4.79 Å². The van der Waals surface area contributed by atoms with Crippen molar-refractivity contribution in [3.05, 3.63) is 59.7 Å². The van der Waals surface area contributed by atoms with Crippen LogP contribution in [0.5, 0.6) is 0 Å². The van der Waals surface area contributed by atoms with Crippen LogP contribution in [0.4, 0.5) is 0 Å². The van der Waals surface area contributed by atoms with Crippen molar-refractivity contribution in [3.8, 4) is 0 Å². The third kappa shape index (κ3) is 3.43. The lowest BCUT2D eigenvalue weighted by atomic mass is 9.94. The van der Waals surface area contributed by atoms with E-state index in [1.165, 1.54) is 7.11 Å². The molecule has 0 saturated carbocycles. The number of aromatic nitrogens is 2. The topological polar surface area (TPSA) is 84.3 Å². The molecule has 1 amide bonds. The van der Waals surface area contributed by atoms with Crippen molar-refractivity contribution in [2.45, 2.75) is 5.60 Å². The van der Waals surface area contributed by atoms with Gasteiger partial charge in [0.1, 0.15) is 16.6 Å². The quantitative estimate of drug-likeness (QED) is 0.715. The Hall–Kier alpha value is -2.35. The third-order valence-corrected chi connectivity index (χ3v) is 4.31.